The molecule has 0 radical (unpaired) electrons. The van der Waals surface area contributed by atoms with Crippen LogP contribution in [-0.4, -0.2) is 94.5 Å². The van der Waals surface area contributed by atoms with Gasteiger partial charge in [-0.3, -0.25) is 9.69 Å². The zero-order chi connectivity index (χ0) is 31.3. The Labute approximate surface area is 265 Å². The summed E-state index contributed by atoms with van der Waals surface area (Å²) in [5.74, 6) is 1.20. The van der Waals surface area contributed by atoms with Crippen molar-refractivity contribution in [1.29, 1.82) is 0 Å². The van der Waals surface area contributed by atoms with Gasteiger partial charge in [-0.1, -0.05) is 12.1 Å². The lowest BCUT2D eigenvalue weighted by molar-refractivity contribution is -0.149. The second-order valence-electron chi connectivity index (χ2n) is 13.7. The van der Waals surface area contributed by atoms with Crippen molar-refractivity contribution in [3.63, 3.8) is 0 Å². The van der Waals surface area contributed by atoms with Crippen molar-refractivity contribution >= 4 is 44.7 Å². The molecule has 3 amide bonds. The molecule has 242 valence electrons. The SMILES string of the molecule is CS(=O)(=O)N1CCN(c2ccc(N3CCN(C(=O)NC4C5CC6CC4CC(C(=O)NCCO)(C6)C5)c4ccccc43)cc2)CC1. The summed E-state index contributed by atoms with van der Waals surface area (Å²) < 4.78 is 25.3. The van der Waals surface area contributed by atoms with Gasteiger partial charge in [0.15, 0.2) is 0 Å². The van der Waals surface area contributed by atoms with E-state index in [9.17, 15) is 23.1 Å². The molecule has 5 fully saturated rings. The van der Waals surface area contributed by atoms with Crippen molar-refractivity contribution in [2.24, 2.45) is 23.2 Å². The third-order valence-corrected chi connectivity index (χ3v) is 12.2. The van der Waals surface area contributed by atoms with Crippen LogP contribution in [0.15, 0.2) is 48.5 Å². The fourth-order valence-corrected chi connectivity index (χ4v) is 9.90. The number of sulfonamides is 1. The lowest BCUT2D eigenvalue weighted by Crippen LogP contribution is -2.64. The molecule has 0 aromatic heterocycles. The molecule has 4 saturated carbocycles. The summed E-state index contributed by atoms with van der Waals surface area (Å²) in [6, 6.07) is 16.4. The van der Waals surface area contributed by atoms with Crippen molar-refractivity contribution in [3.8, 4) is 0 Å². The van der Waals surface area contributed by atoms with Crippen LogP contribution in [0.1, 0.15) is 32.1 Å². The van der Waals surface area contributed by atoms with Gasteiger partial charge in [0.05, 0.1) is 29.7 Å². The van der Waals surface area contributed by atoms with Crippen LogP contribution in [0, 0.1) is 23.2 Å². The summed E-state index contributed by atoms with van der Waals surface area (Å²) in [6.07, 6.45) is 5.91. The molecule has 2 aromatic carbocycles. The average Bonchev–Trinajstić information content (AvgIpc) is 3.04. The highest BCUT2D eigenvalue weighted by molar-refractivity contribution is 7.88. The predicted octanol–water partition coefficient (Wildman–Crippen LogP) is 2.74. The average molecular weight is 637 g/mol. The summed E-state index contributed by atoms with van der Waals surface area (Å²) in [6.45, 7) is 3.74. The van der Waals surface area contributed by atoms with Crippen LogP contribution in [0.2, 0.25) is 0 Å². The quantitative estimate of drug-likeness (QED) is 0.427. The van der Waals surface area contributed by atoms with Crippen LogP contribution in [0.3, 0.4) is 0 Å². The van der Waals surface area contributed by atoms with Gasteiger partial charge in [0.1, 0.15) is 0 Å². The van der Waals surface area contributed by atoms with Crippen LogP contribution in [-0.2, 0) is 14.8 Å². The number of aliphatic hydroxyl groups is 1. The lowest BCUT2D eigenvalue weighted by atomic mass is 9.47. The molecular formula is C33H44N6O5S. The molecule has 11 nitrogen and oxygen atoms in total. The Balaban J connectivity index is 1.03. The zero-order valence-electron chi connectivity index (χ0n) is 25.9. The Hall–Kier alpha value is -3.35. The Morgan fingerprint density at radius 1 is 0.867 bits per heavy atom. The van der Waals surface area contributed by atoms with Gasteiger partial charge in [-0.2, -0.15) is 4.31 Å². The van der Waals surface area contributed by atoms with E-state index in [2.05, 4.69) is 50.8 Å². The number of piperazine rings is 1. The monoisotopic (exact) mass is 636 g/mol. The smallest absolute Gasteiger partial charge is 0.322 e. The van der Waals surface area contributed by atoms with E-state index in [-0.39, 0.29) is 30.0 Å². The van der Waals surface area contributed by atoms with Gasteiger partial charge in [-0.05, 0) is 86.3 Å². The summed E-state index contributed by atoms with van der Waals surface area (Å²) in [5.41, 5.74) is 3.63. The maximum Gasteiger partial charge on any atom is 0.322 e. The number of aliphatic hydroxyl groups excluding tert-OH is 1. The number of anilines is 4. The normalized spacial score (nSPS) is 29.4. The van der Waals surface area contributed by atoms with Crippen molar-refractivity contribution in [3.05, 3.63) is 48.5 Å². The molecule has 2 aliphatic heterocycles. The van der Waals surface area contributed by atoms with Crippen LogP contribution in [0.4, 0.5) is 27.5 Å². The number of hydrogen-bond donors (Lipinski definition) is 3. The number of carbonyl (C=O) groups excluding carboxylic acids is 2. The maximum absolute atomic E-state index is 13.9. The second kappa shape index (κ2) is 11.8. The van der Waals surface area contributed by atoms with Gasteiger partial charge in [-0.25, -0.2) is 13.2 Å². The minimum absolute atomic E-state index is 0.0522. The van der Waals surface area contributed by atoms with Crippen LogP contribution < -0.4 is 25.3 Å². The number of nitrogens with zero attached hydrogens (tertiary/aromatic N) is 4. The first-order valence-corrected chi connectivity index (χ1v) is 18.1. The standard InChI is InChI=1S/C33H44N6O5S/c1-45(43,44)37-13-11-36(12-14-37)26-6-8-27(9-7-26)38-15-16-39(29-5-3-2-4-28(29)38)32(42)35-30-24-18-23-19-25(30)22-33(20-23,21-24)31(41)34-10-17-40/h2-9,23-25,30,40H,10-22H2,1H3,(H,34,41)(H,35,42). The van der Waals surface area contributed by atoms with E-state index in [1.807, 2.05) is 23.1 Å². The third kappa shape index (κ3) is 5.65. The van der Waals surface area contributed by atoms with E-state index >= 15 is 0 Å². The fourth-order valence-electron chi connectivity index (χ4n) is 9.08. The molecule has 2 heterocycles. The molecule has 0 spiro atoms. The third-order valence-electron chi connectivity index (χ3n) is 10.9. The molecule has 4 aliphatic carbocycles. The molecule has 45 heavy (non-hydrogen) atoms. The first kappa shape index (κ1) is 30.3. The number of para-hydroxylation sites is 2. The zero-order valence-corrected chi connectivity index (χ0v) is 26.7. The number of amides is 3. The number of rotatable bonds is 7. The predicted molar refractivity (Wildman–Crippen MR) is 174 cm³/mol. The number of nitrogens with one attached hydrogen (secondary N) is 2. The first-order chi connectivity index (χ1) is 21.6. The largest absolute Gasteiger partial charge is 0.395 e. The van der Waals surface area contributed by atoms with Crippen molar-refractivity contribution in [2.45, 2.75) is 38.1 Å². The molecule has 2 aromatic rings. The summed E-state index contributed by atoms with van der Waals surface area (Å²) in [5, 5.41) is 15.6. The van der Waals surface area contributed by atoms with Gasteiger partial charge >= 0.3 is 6.03 Å². The Kier molecular flexibility index (Phi) is 7.94. The van der Waals surface area contributed by atoms with Crippen molar-refractivity contribution < 1.29 is 23.1 Å². The van der Waals surface area contributed by atoms with E-state index in [0.29, 0.717) is 63.6 Å². The molecule has 6 aliphatic rings. The van der Waals surface area contributed by atoms with Gasteiger partial charge in [0.2, 0.25) is 15.9 Å². The summed E-state index contributed by atoms with van der Waals surface area (Å²) in [4.78, 5) is 33.4. The van der Waals surface area contributed by atoms with Crippen LogP contribution >= 0.6 is 0 Å². The molecule has 8 rings (SSSR count). The Morgan fingerprint density at radius 3 is 2.16 bits per heavy atom. The second-order valence-corrected chi connectivity index (χ2v) is 15.6. The minimum Gasteiger partial charge on any atom is -0.395 e. The molecule has 2 atom stereocenters. The van der Waals surface area contributed by atoms with Crippen molar-refractivity contribution in [2.75, 3.05) is 73.4 Å². The van der Waals surface area contributed by atoms with Gasteiger partial charge < -0.3 is 25.5 Å². The van der Waals surface area contributed by atoms with E-state index < -0.39 is 10.0 Å². The highest BCUT2D eigenvalue weighted by atomic mass is 32.2. The highest BCUT2D eigenvalue weighted by Crippen LogP contribution is 2.60. The number of fused-ring (bicyclic) bond motifs is 1. The fraction of sp³-hybridized carbons (Fsp3) is 0.576. The van der Waals surface area contributed by atoms with Crippen LogP contribution in [0.5, 0.6) is 0 Å². The van der Waals surface area contributed by atoms with Gasteiger partial charge in [0, 0.05) is 63.2 Å². The van der Waals surface area contributed by atoms with Crippen LogP contribution in [0.25, 0.3) is 0 Å². The summed E-state index contributed by atoms with van der Waals surface area (Å²) >= 11 is 0. The van der Waals surface area contributed by atoms with E-state index in [1.165, 1.54) is 10.6 Å². The molecular weight excluding hydrogens is 592 g/mol. The molecule has 2 unspecified atom stereocenters. The first-order valence-electron chi connectivity index (χ1n) is 16.3. The molecule has 12 heteroatoms. The number of benzene rings is 2. The summed E-state index contributed by atoms with van der Waals surface area (Å²) in [7, 11) is -3.17. The Bertz CT molecular complexity index is 1530. The van der Waals surface area contributed by atoms with E-state index in [4.69, 9.17) is 0 Å². The van der Waals surface area contributed by atoms with Crippen molar-refractivity contribution in [1.82, 2.24) is 14.9 Å². The molecule has 1 saturated heterocycles. The number of hydrogen-bond acceptors (Lipinski definition) is 7. The Morgan fingerprint density at radius 2 is 1.51 bits per heavy atom. The lowest BCUT2D eigenvalue weighted by Gasteiger charge is -2.59. The van der Waals surface area contributed by atoms with E-state index in [0.717, 1.165) is 54.9 Å². The van der Waals surface area contributed by atoms with E-state index in [1.54, 1.807) is 0 Å². The van der Waals surface area contributed by atoms with Gasteiger partial charge in [0.25, 0.3) is 0 Å². The van der Waals surface area contributed by atoms with Gasteiger partial charge in [-0.15, -0.1) is 0 Å². The highest BCUT2D eigenvalue weighted by Gasteiger charge is 2.58. The minimum atomic E-state index is -3.17. The topological polar surface area (TPSA) is 126 Å². The number of urea groups is 1. The molecule has 4 bridgehead atoms. The maximum atomic E-state index is 13.9. The molecule has 3 N–H and O–H groups in total. The number of carbonyl (C=O) groups is 2.